The Morgan fingerprint density at radius 3 is 2.79 bits per heavy atom. The van der Waals surface area contributed by atoms with E-state index in [0.29, 0.717) is 29.6 Å². The number of carbonyl (C=O) groups is 1. The van der Waals surface area contributed by atoms with E-state index in [1.807, 2.05) is 35.3 Å². The molecule has 0 bridgehead atoms. The molecule has 3 heterocycles. The third-order valence-electron chi connectivity index (χ3n) is 6.42. The summed E-state index contributed by atoms with van der Waals surface area (Å²) in [6, 6.07) is 15.0. The Morgan fingerprint density at radius 1 is 1.18 bits per heavy atom. The summed E-state index contributed by atoms with van der Waals surface area (Å²) in [4.78, 5) is 27.1. The quantitative estimate of drug-likeness (QED) is 0.554. The lowest BCUT2D eigenvalue weighted by atomic mass is 9.93. The average Bonchev–Trinajstić information content (AvgIpc) is 3.02. The van der Waals surface area contributed by atoms with Crippen LogP contribution in [0.3, 0.4) is 0 Å². The first kappa shape index (κ1) is 22.8. The molecule has 1 N–H and O–H groups in total. The Labute approximate surface area is 206 Å². The lowest BCUT2D eigenvalue weighted by molar-refractivity contribution is -0.127. The Kier molecular flexibility index (Phi) is 6.29. The Balaban J connectivity index is 1.82. The minimum Gasteiger partial charge on any atom is -0.503 e. The van der Waals surface area contributed by atoms with Gasteiger partial charge in [0.1, 0.15) is 6.17 Å². The van der Waals surface area contributed by atoms with E-state index in [9.17, 15) is 14.7 Å². The van der Waals surface area contributed by atoms with Crippen molar-refractivity contribution in [2.45, 2.75) is 29.8 Å². The van der Waals surface area contributed by atoms with Gasteiger partial charge in [-0.2, -0.15) is 0 Å². The van der Waals surface area contributed by atoms with Crippen molar-refractivity contribution in [3.63, 3.8) is 0 Å². The zero-order valence-corrected chi connectivity index (χ0v) is 20.1. The number of hydrogen-bond donors (Lipinski definition) is 1. The average molecular weight is 498 g/mol. The van der Waals surface area contributed by atoms with E-state index >= 15 is 0 Å². The van der Waals surface area contributed by atoms with Crippen molar-refractivity contribution in [3.05, 3.63) is 92.4 Å². The summed E-state index contributed by atoms with van der Waals surface area (Å²) in [5.74, 6) is 0.369. The van der Waals surface area contributed by atoms with E-state index in [2.05, 4.69) is 12.1 Å². The molecule has 2 aromatic carbocycles. The minimum absolute atomic E-state index is 0.271. The predicted octanol–water partition coefficient (Wildman–Crippen LogP) is 3.66. The number of aromatic nitrogens is 1. The standard InChI is InChI=1S/C25H24ClN3O4S/c1-16-25(32)21(31)9-10-28(16)29(23-13-33-12-11-27(23)15-30)24-17-6-4-7-20(26)19(17)14-34-22-8-3-2-5-18(22)24/h2-10,15,23-24,32H,11-14H2,1H3/t23?,24-/m0/s1. The van der Waals surface area contributed by atoms with Gasteiger partial charge < -0.3 is 14.7 Å². The van der Waals surface area contributed by atoms with Crippen LogP contribution in [0, 0.1) is 6.92 Å². The third-order valence-corrected chi connectivity index (χ3v) is 7.89. The molecule has 34 heavy (non-hydrogen) atoms. The second-order valence-electron chi connectivity index (χ2n) is 8.27. The van der Waals surface area contributed by atoms with E-state index in [4.69, 9.17) is 16.3 Å². The molecule has 7 nitrogen and oxygen atoms in total. The first-order chi connectivity index (χ1) is 16.5. The molecule has 176 valence electrons. The van der Waals surface area contributed by atoms with Crippen LogP contribution in [0.25, 0.3) is 0 Å². The number of thioether (sulfide) groups is 1. The number of benzene rings is 2. The summed E-state index contributed by atoms with van der Waals surface area (Å²) in [5.41, 5.74) is 2.97. The fourth-order valence-electron chi connectivity index (χ4n) is 4.68. The molecule has 1 aromatic heterocycles. The van der Waals surface area contributed by atoms with Gasteiger partial charge in [0.2, 0.25) is 11.8 Å². The van der Waals surface area contributed by atoms with Crippen molar-refractivity contribution in [2.24, 2.45) is 0 Å². The summed E-state index contributed by atoms with van der Waals surface area (Å²) in [7, 11) is 0. The molecular weight excluding hydrogens is 474 g/mol. The van der Waals surface area contributed by atoms with E-state index in [1.165, 1.54) is 6.07 Å². The number of aromatic hydroxyl groups is 1. The van der Waals surface area contributed by atoms with Gasteiger partial charge in [-0.1, -0.05) is 41.9 Å². The van der Waals surface area contributed by atoms with Gasteiger partial charge in [0, 0.05) is 34.5 Å². The highest BCUT2D eigenvalue weighted by Crippen LogP contribution is 2.44. The van der Waals surface area contributed by atoms with Gasteiger partial charge in [-0.25, -0.2) is 0 Å². The van der Waals surface area contributed by atoms with Gasteiger partial charge in [0.05, 0.1) is 24.9 Å². The Bertz CT molecular complexity index is 1300. The van der Waals surface area contributed by atoms with Gasteiger partial charge in [-0.3, -0.25) is 19.3 Å². The van der Waals surface area contributed by atoms with Crippen LogP contribution < -0.4 is 10.4 Å². The van der Waals surface area contributed by atoms with Crippen molar-refractivity contribution in [1.82, 2.24) is 9.58 Å². The predicted molar refractivity (Wildman–Crippen MR) is 132 cm³/mol. The van der Waals surface area contributed by atoms with Gasteiger partial charge in [-0.05, 0) is 35.7 Å². The fraction of sp³-hybridized carbons (Fsp3) is 0.280. The maximum absolute atomic E-state index is 12.2. The molecule has 2 atom stereocenters. The number of ether oxygens (including phenoxy) is 1. The van der Waals surface area contributed by atoms with Crippen molar-refractivity contribution >= 4 is 29.8 Å². The number of rotatable bonds is 4. The minimum atomic E-state index is -0.486. The highest BCUT2D eigenvalue weighted by atomic mass is 35.5. The van der Waals surface area contributed by atoms with Crippen LogP contribution >= 0.6 is 23.4 Å². The summed E-state index contributed by atoms with van der Waals surface area (Å²) < 4.78 is 7.58. The number of fused-ring (bicyclic) bond motifs is 2. The molecule has 1 saturated heterocycles. The number of pyridine rings is 1. The number of hydrogen-bond acceptors (Lipinski definition) is 6. The molecule has 2 aliphatic heterocycles. The van der Waals surface area contributed by atoms with Crippen LogP contribution in [0.4, 0.5) is 0 Å². The monoisotopic (exact) mass is 497 g/mol. The van der Waals surface area contributed by atoms with Crippen LogP contribution in [-0.2, 0) is 15.3 Å². The third kappa shape index (κ3) is 3.85. The van der Waals surface area contributed by atoms with Crippen LogP contribution in [0.5, 0.6) is 5.75 Å². The topological polar surface area (TPSA) is 75.0 Å². The SMILES string of the molecule is Cc1c(O)c(=O)ccn1N(C1COCCN1C=O)[C@@H]1c2ccccc2SCc2c(Cl)cccc21. The lowest BCUT2D eigenvalue weighted by Gasteiger charge is -2.47. The maximum atomic E-state index is 12.2. The van der Waals surface area contributed by atoms with Crippen LogP contribution in [0.2, 0.25) is 5.02 Å². The van der Waals surface area contributed by atoms with Gasteiger partial charge in [0.25, 0.3) is 0 Å². The zero-order valence-electron chi connectivity index (χ0n) is 18.6. The molecule has 2 aliphatic rings. The van der Waals surface area contributed by atoms with Gasteiger partial charge in [0.15, 0.2) is 5.75 Å². The lowest BCUT2D eigenvalue weighted by Crippen LogP contribution is -2.60. The largest absolute Gasteiger partial charge is 0.503 e. The maximum Gasteiger partial charge on any atom is 0.223 e. The molecule has 9 heteroatoms. The van der Waals surface area contributed by atoms with Crippen LogP contribution in [-0.4, -0.2) is 47.0 Å². The van der Waals surface area contributed by atoms with E-state index < -0.39 is 11.6 Å². The molecular formula is C25H24ClN3O4S. The first-order valence-corrected chi connectivity index (χ1v) is 12.3. The second-order valence-corrected chi connectivity index (χ2v) is 9.70. The highest BCUT2D eigenvalue weighted by Gasteiger charge is 2.38. The van der Waals surface area contributed by atoms with E-state index in [0.717, 1.165) is 28.0 Å². The molecule has 1 amide bonds. The molecule has 5 rings (SSSR count). The number of nitrogens with zero attached hydrogens (tertiary/aromatic N) is 3. The second kappa shape index (κ2) is 9.37. The van der Waals surface area contributed by atoms with Crippen molar-refractivity contribution in [3.8, 4) is 5.75 Å². The first-order valence-electron chi connectivity index (χ1n) is 11.0. The van der Waals surface area contributed by atoms with Crippen LogP contribution in [0.15, 0.2) is 64.4 Å². The van der Waals surface area contributed by atoms with Crippen molar-refractivity contribution in [2.75, 3.05) is 24.8 Å². The molecule has 1 fully saturated rings. The number of halogens is 1. The Morgan fingerprint density at radius 2 is 1.97 bits per heavy atom. The molecule has 0 aliphatic carbocycles. The molecule has 3 aromatic rings. The van der Waals surface area contributed by atoms with Crippen molar-refractivity contribution in [1.29, 1.82) is 0 Å². The number of carbonyl (C=O) groups excluding carboxylic acids is 1. The van der Waals surface area contributed by atoms with E-state index in [-0.39, 0.29) is 18.4 Å². The number of amides is 1. The molecule has 0 saturated carbocycles. The fourth-order valence-corrected chi connectivity index (χ4v) is 6.16. The number of morpholine rings is 1. The smallest absolute Gasteiger partial charge is 0.223 e. The van der Waals surface area contributed by atoms with Gasteiger partial charge >= 0.3 is 0 Å². The normalized spacial score (nSPS) is 19.6. The molecule has 0 radical (unpaired) electrons. The zero-order chi connectivity index (χ0) is 23.8. The van der Waals surface area contributed by atoms with Crippen molar-refractivity contribution < 1.29 is 14.6 Å². The summed E-state index contributed by atoms with van der Waals surface area (Å²) in [5, 5.41) is 13.2. The van der Waals surface area contributed by atoms with Gasteiger partial charge in [-0.15, -0.1) is 11.8 Å². The van der Waals surface area contributed by atoms with E-state index in [1.54, 1.807) is 34.5 Å². The van der Waals surface area contributed by atoms with Crippen LogP contribution in [0.1, 0.15) is 28.4 Å². The summed E-state index contributed by atoms with van der Waals surface area (Å²) >= 11 is 8.39. The highest BCUT2D eigenvalue weighted by molar-refractivity contribution is 7.98. The molecule has 1 unspecified atom stereocenters. The summed E-state index contributed by atoms with van der Waals surface area (Å²) in [6.45, 7) is 2.83. The summed E-state index contributed by atoms with van der Waals surface area (Å²) in [6.07, 6.45) is 1.98. The Hall–Kier alpha value is -2.94. The molecule has 0 spiro atoms.